The number of fused-ring (bicyclic) bond motifs is 1. The molecule has 0 heterocycles. The van der Waals surface area contributed by atoms with Crippen LogP contribution >= 0.6 is 0 Å². The number of hydrogen-bond acceptors (Lipinski definition) is 10. The molecular formula is C32H37N5O5S2. The minimum Gasteiger partial charge on any atom is -0.505 e. The summed E-state index contributed by atoms with van der Waals surface area (Å²) < 4.78 is 49.6. The van der Waals surface area contributed by atoms with Crippen LogP contribution in [-0.4, -0.2) is 40.0 Å². The summed E-state index contributed by atoms with van der Waals surface area (Å²) in [5, 5.41) is 33.2. The monoisotopic (exact) mass is 635 g/mol. The molecule has 0 spiro atoms. The molecule has 12 heteroatoms. The zero-order valence-electron chi connectivity index (χ0n) is 25.5. The summed E-state index contributed by atoms with van der Waals surface area (Å²) >= 11 is 0. The maximum Gasteiger partial charge on any atom is 0.178 e. The maximum atomic E-state index is 12.5. The van der Waals surface area contributed by atoms with Crippen molar-refractivity contribution in [2.75, 3.05) is 23.4 Å². The normalized spacial score (nSPS) is 12.5. The van der Waals surface area contributed by atoms with Crippen molar-refractivity contribution in [1.29, 1.82) is 0 Å². The molecule has 0 saturated heterocycles. The van der Waals surface area contributed by atoms with Crippen LogP contribution in [0.5, 0.6) is 5.75 Å². The van der Waals surface area contributed by atoms with Crippen molar-refractivity contribution in [2.24, 2.45) is 20.5 Å². The molecule has 0 aliphatic carbocycles. The van der Waals surface area contributed by atoms with Crippen LogP contribution in [0.3, 0.4) is 0 Å². The Morgan fingerprint density at radius 2 is 1.27 bits per heavy atom. The number of hydrogen-bond donors (Lipinski definition) is 2. The lowest BCUT2D eigenvalue weighted by Gasteiger charge is -2.13. The molecule has 4 rings (SSSR count). The molecule has 0 unspecified atom stereocenters. The van der Waals surface area contributed by atoms with Gasteiger partial charge in [-0.1, -0.05) is 13.8 Å². The van der Waals surface area contributed by atoms with Crippen LogP contribution in [0.1, 0.15) is 44.7 Å². The smallest absolute Gasteiger partial charge is 0.178 e. The number of aromatic hydroxyl groups is 1. The average Bonchev–Trinajstić information content (AvgIpc) is 2.97. The van der Waals surface area contributed by atoms with E-state index in [0.717, 1.165) is 5.69 Å². The van der Waals surface area contributed by atoms with Crippen LogP contribution in [0.15, 0.2) is 90.9 Å². The first-order chi connectivity index (χ1) is 20.9. The summed E-state index contributed by atoms with van der Waals surface area (Å²) in [6.07, 6.45) is 1.06. The fraction of sp³-hybridized carbons (Fsp3) is 0.312. The molecule has 0 amide bonds. The third-order valence-electron chi connectivity index (χ3n) is 6.99. The van der Waals surface area contributed by atoms with E-state index >= 15 is 0 Å². The quantitative estimate of drug-likeness (QED) is 0.149. The average molecular weight is 636 g/mol. The highest BCUT2D eigenvalue weighted by molar-refractivity contribution is 7.91. The highest BCUT2D eigenvalue weighted by Gasteiger charge is 2.18. The Bertz CT molecular complexity index is 1950. The lowest BCUT2D eigenvalue weighted by atomic mass is 10.0. The summed E-state index contributed by atoms with van der Waals surface area (Å²) in [5.74, 6) is 0.0757. The number of phenols is 1. The Morgan fingerprint density at radius 3 is 1.89 bits per heavy atom. The lowest BCUT2D eigenvalue weighted by Crippen LogP contribution is -2.05. The van der Waals surface area contributed by atoms with Crippen LogP contribution in [0, 0.1) is 13.8 Å². The minimum absolute atomic E-state index is 0.0737. The minimum atomic E-state index is -3.36. The van der Waals surface area contributed by atoms with Crippen LogP contribution in [-0.2, 0) is 19.7 Å². The standard InChI is InChI=1S/C32H37N5O5S2/c1-6-17-43(39,40)24-11-9-23(10-12-24)34-36-30-22(5)20-27-26(32(30)38)14-16-29(33-8-3)31(27)37-35-28-15-13-25(19-21(28)4)44(41,42)18-7-2/h9-16,19-20,33,38H,6-8,17-18H2,1-5H3. The number of nitrogens with one attached hydrogen (secondary N) is 1. The number of sulfone groups is 2. The predicted molar refractivity (Wildman–Crippen MR) is 175 cm³/mol. The van der Waals surface area contributed by atoms with Gasteiger partial charge in [-0.15, -0.1) is 10.2 Å². The topological polar surface area (TPSA) is 150 Å². The van der Waals surface area contributed by atoms with Crippen molar-refractivity contribution >= 4 is 58.9 Å². The van der Waals surface area contributed by atoms with E-state index in [2.05, 4.69) is 25.8 Å². The zero-order chi connectivity index (χ0) is 32.1. The molecule has 0 aliphatic rings. The van der Waals surface area contributed by atoms with Gasteiger partial charge in [-0.25, -0.2) is 16.8 Å². The van der Waals surface area contributed by atoms with E-state index in [1.807, 2.05) is 26.8 Å². The summed E-state index contributed by atoms with van der Waals surface area (Å²) in [6.45, 7) is 9.82. The molecule has 232 valence electrons. The Balaban J connectivity index is 1.72. The van der Waals surface area contributed by atoms with Crippen molar-refractivity contribution in [3.05, 3.63) is 71.8 Å². The molecule has 0 bridgehead atoms. The van der Waals surface area contributed by atoms with Gasteiger partial charge in [0.1, 0.15) is 11.4 Å². The molecule has 4 aromatic rings. The lowest BCUT2D eigenvalue weighted by molar-refractivity contribution is 0.482. The first kappa shape index (κ1) is 32.7. The summed E-state index contributed by atoms with van der Waals surface area (Å²) in [5.41, 5.74) is 3.80. The summed E-state index contributed by atoms with van der Waals surface area (Å²) in [6, 6.07) is 16.4. The number of aryl methyl sites for hydroxylation is 2. The number of anilines is 1. The van der Waals surface area contributed by atoms with E-state index in [4.69, 9.17) is 0 Å². The number of benzene rings is 4. The second-order valence-corrected chi connectivity index (χ2v) is 14.7. The van der Waals surface area contributed by atoms with Crippen LogP contribution in [0.4, 0.5) is 28.4 Å². The van der Waals surface area contributed by atoms with E-state index in [1.165, 1.54) is 12.1 Å². The molecule has 44 heavy (non-hydrogen) atoms. The Kier molecular flexibility index (Phi) is 10.2. The molecule has 0 aliphatic heterocycles. The van der Waals surface area contributed by atoms with E-state index in [1.54, 1.807) is 56.3 Å². The van der Waals surface area contributed by atoms with Crippen molar-refractivity contribution in [3.8, 4) is 5.75 Å². The van der Waals surface area contributed by atoms with Crippen LogP contribution in [0.2, 0.25) is 0 Å². The molecule has 0 saturated carbocycles. The summed E-state index contributed by atoms with van der Waals surface area (Å²) in [7, 11) is -6.69. The van der Waals surface area contributed by atoms with Crippen molar-refractivity contribution in [1.82, 2.24) is 0 Å². The maximum absolute atomic E-state index is 12.5. The van der Waals surface area contributed by atoms with Gasteiger partial charge in [0.25, 0.3) is 0 Å². The SMILES string of the molecule is CCCS(=O)(=O)c1ccc(N=Nc2c(C)cc3c(N=Nc4ccc(S(=O)(=O)CCC)cc4C)c(NCC)ccc3c2O)cc1. The molecule has 10 nitrogen and oxygen atoms in total. The second-order valence-electron chi connectivity index (χ2n) is 10.5. The third-order valence-corrected chi connectivity index (χ3v) is 10.8. The number of rotatable bonds is 12. The molecule has 4 aromatic carbocycles. The largest absolute Gasteiger partial charge is 0.505 e. The fourth-order valence-corrected chi connectivity index (χ4v) is 7.49. The van der Waals surface area contributed by atoms with Crippen molar-refractivity contribution < 1.29 is 21.9 Å². The van der Waals surface area contributed by atoms with Gasteiger partial charge < -0.3 is 10.4 Å². The van der Waals surface area contributed by atoms with E-state index in [9.17, 15) is 21.9 Å². The summed E-state index contributed by atoms with van der Waals surface area (Å²) in [4.78, 5) is 0.489. The van der Waals surface area contributed by atoms with Gasteiger partial charge in [0.15, 0.2) is 25.4 Å². The van der Waals surface area contributed by atoms with Gasteiger partial charge in [-0.3, -0.25) is 0 Å². The molecule has 0 aromatic heterocycles. The van der Waals surface area contributed by atoms with Crippen molar-refractivity contribution in [2.45, 2.75) is 57.3 Å². The molecule has 0 atom stereocenters. The van der Waals surface area contributed by atoms with Crippen molar-refractivity contribution in [3.63, 3.8) is 0 Å². The van der Waals surface area contributed by atoms with Gasteiger partial charge in [0, 0.05) is 17.3 Å². The Labute approximate surface area is 258 Å². The number of phenolic OH excluding ortho intramolecular Hbond substituents is 1. The van der Waals surface area contributed by atoms with Gasteiger partial charge in [-0.2, -0.15) is 10.2 Å². The van der Waals surface area contributed by atoms with E-state index in [0.29, 0.717) is 58.3 Å². The Hall–Kier alpha value is -4.16. The highest BCUT2D eigenvalue weighted by atomic mass is 32.2. The third kappa shape index (κ3) is 7.13. The van der Waals surface area contributed by atoms with E-state index in [-0.39, 0.29) is 32.7 Å². The first-order valence-corrected chi connectivity index (χ1v) is 17.7. The Morgan fingerprint density at radius 1 is 0.659 bits per heavy atom. The van der Waals surface area contributed by atoms with Gasteiger partial charge >= 0.3 is 0 Å². The second kappa shape index (κ2) is 13.6. The molecule has 0 fully saturated rings. The first-order valence-electron chi connectivity index (χ1n) is 14.4. The van der Waals surface area contributed by atoms with Gasteiger partial charge in [-0.05, 0) is 105 Å². The predicted octanol–water partition coefficient (Wildman–Crippen LogP) is 8.79. The van der Waals surface area contributed by atoms with Crippen LogP contribution in [0.25, 0.3) is 10.8 Å². The molecule has 2 N–H and O–H groups in total. The molecule has 0 radical (unpaired) electrons. The van der Waals surface area contributed by atoms with Gasteiger partial charge in [0.05, 0.1) is 38.4 Å². The number of nitrogens with zero attached hydrogens (tertiary/aromatic N) is 4. The number of azo groups is 2. The zero-order valence-corrected chi connectivity index (χ0v) is 27.1. The van der Waals surface area contributed by atoms with E-state index < -0.39 is 19.7 Å². The molecular weight excluding hydrogens is 599 g/mol. The fourth-order valence-electron chi connectivity index (χ4n) is 4.77. The van der Waals surface area contributed by atoms with Gasteiger partial charge in [0.2, 0.25) is 0 Å². The van der Waals surface area contributed by atoms with Crippen LogP contribution < -0.4 is 5.32 Å². The highest BCUT2D eigenvalue weighted by Crippen LogP contribution is 2.45.